The first-order chi connectivity index (χ1) is 8.15. The van der Waals surface area contributed by atoms with Gasteiger partial charge in [0, 0.05) is 19.2 Å². The Labute approximate surface area is 97.9 Å². The van der Waals surface area contributed by atoms with Crippen LogP contribution in [0.2, 0.25) is 0 Å². The molecule has 3 rings (SSSR count). The molecular formula is C14H11NO2. The van der Waals surface area contributed by atoms with Gasteiger partial charge in [-0.15, -0.1) is 0 Å². The predicted molar refractivity (Wildman–Crippen MR) is 67.5 cm³/mol. The maximum Gasteiger partial charge on any atom is 0.180 e. The van der Waals surface area contributed by atoms with Crippen LogP contribution in [0.5, 0.6) is 5.75 Å². The number of fused-ring (bicyclic) bond motifs is 2. The Morgan fingerprint density at radius 1 is 1.06 bits per heavy atom. The molecule has 0 unspecified atom stereocenters. The van der Waals surface area contributed by atoms with Crippen molar-refractivity contribution in [3.63, 3.8) is 0 Å². The zero-order valence-corrected chi connectivity index (χ0v) is 9.34. The monoisotopic (exact) mass is 225 g/mol. The zero-order chi connectivity index (χ0) is 12.0. The van der Waals surface area contributed by atoms with Crippen LogP contribution in [0, 0.1) is 0 Å². The summed E-state index contributed by atoms with van der Waals surface area (Å²) in [6.07, 6.45) is 0. The molecule has 0 saturated heterocycles. The third-order valence-corrected chi connectivity index (χ3v) is 3.05. The maximum absolute atomic E-state index is 11.4. The first-order valence-corrected chi connectivity index (χ1v) is 5.38. The number of phenols is 1. The van der Waals surface area contributed by atoms with Gasteiger partial charge in [-0.3, -0.25) is 4.79 Å². The minimum Gasteiger partial charge on any atom is -0.508 e. The Kier molecular flexibility index (Phi) is 1.95. The number of phenolic OH excluding ortho intramolecular Hbond substituents is 1. The molecule has 1 aliphatic heterocycles. The van der Waals surface area contributed by atoms with E-state index in [0.717, 1.165) is 22.2 Å². The van der Waals surface area contributed by atoms with Crippen LogP contribution >= 0.6 is 0 Å². The second kappa shape index (κ2) is 3.35. The van der Waals surface area contributed by atoms with Crippen LogP contribution in [0.3, 0.4) is 0 Å². The summed E-state index contributed by atoms with van der Waals surface area (Å²) in [7, 11) is 1.89. The molecule has 0 spiro atoms. The highest BCUT2D eigenvalue weighted by atomic mass is 16.3. The van der Waals surface area contributed by atoms with E-state index in [1.54, 1.807) is 24.3 Å². The van der Waals surface area contributed by atoms with Gasteiger partial charge in [-0.1, -0.05) is 0 Å². The summed E-state index contributed by atoms with van der Waals surface area (Å²) in [4.78, 5) is 11.4. The van der Waals surface area contributed by atoms with Gasteiger partial charge in [0.25, 0.3) is 0 Å². The topological polar surface area (TPSA) is 42.2 Å². The molecular weight excluding hydrogens is 214 g/mol. The van der Waals surface area contributed by atoms with Crippen molar-refractivity contribution >= 4 is 10.9 Å². The molecule has 17 heavy (non-hydrogen) atoms. The number of nitrogens with zero attached hydrogens (tertiary/aromatic N) is 1. The zero-order valence-electron chi connectivity index (χ0n) is 9.34. The lowest BCUT2D eigenvalue weighted by Crippen LogP contribution is -2.05. The Morgan fingerprint density at radius 3 is 2.71 bits per heavy atom. The molecule has 0 amide bonds. The van der Waals surface area contributed by atoms with Crippen molar-refractivity contribution in [1.29, 1.82) is 0 Å². The number of rotatable bonds is 0. The van der Waals surface area contributed by atoms with Crippen molar-refractivity contribution in [3.8, 4) is 17.0 Å². The van der Waals surface area contributed by atoms with Crippen molar-refractivity contribution in [1.82, 2.24) is 4.57 Å². The van der Waals surface area contributed by atoms with Crippen LogP contribution in [-0.4, -0.2) is 9.67 Å². The Bertz CT molecular complexity index is 743. The van der Waals surface area contributed by atoms with Crippen LogP contribution in [0.15, 0.2) is 47.3 Å². The third kappa shape index (κ3) is 1.47. The highest BCUT2D eigenvalue weighted by Gasteiger charge is 2.08. The van der Waals surface area contributed by atoms with Crippen molar-refractivity contribution in [2.24, 2.45) is 7.05 Å². The molecule has 0 radical (unpaired) electrons. The molecule has 1 heterocycles. The van der Waals surface area contributed by atoms with E-state index in [2.05, 4.69) is 0 Å². The lowest BCUT2D eigenvalue weighted by molar-refractivity contribution is 0.476. The summed E-state index contributed by atoms with van der Waals surface area (Å²) in [6, 6.07) is 12.2. The average molecular weight is 225 g/mol. The first-order valence-electron chi connectivity index (χ1n) is 5.38. The fourth-order valence-electron chi connectivity index (χ4n) is 2.18. The molecule has 0 saturated carbocycles. The smallest absolute Gasteiger partial charge is 0.180 e. The fraction of sp³-hybridized carbons (Fsp3) is 0.0714. The Hall–Kier alpha value is -2.29. The van der Waals surface area contributed by atoms with Crippen LogP contribution in [0.4, 0.5) is 0 Å². The third-order valence-electron chi connectivity index (χ3n) is 3.05. The second-order valence-corrected chi connectivity index (χ2v) is 4.17. The number of benzene rings is 2. The molecule has 3 nitrogen and oxygen atoms in total. The van der Waals surface area contributed by atoms with Crippen LogP contribution in [-0.2, 0) is 7.05 Å². The predicted octanol–water partition coefficient (Wildman–Crippen LogP) is 2.35. The highest BCUT2D eigenvalue weighted by molar-refractivity contribution is 5.87. The van der Waals surface area contributed by atoms with Gasteiger partial charge in [-0.2, -0.15) is 0 Å². The molecule has 1 aromatic rings. The van der Waals surface area contributed by atoms with Gasteiger partial charge in [0.05, 0.1) is 11.2 Å². The molecule has 0 fully saturated rings. The molecule has 0 atom stereocenters. The Morgan fingerprint density at radius 2 is 1.88 bits per heavy atom. The molecule has 1 N–H and O–H groups in total. The number of aromatic nitrogens is 1. The number of aryl methyl sites for hydroxylation is 1. The van der Waals surface area contributed by atoms with E-state index in [-0.39, 0.29) is 11.2 Å². The van der Waals surface area contributed by atoms with E-state index in [1.807, 2.05) is 29.8 Å². The minimum atomic E-state index is -0.00685. The van der Waals surface area contributed by atoms with Crippen molar-refractivity contribution in [3.05, 3.63) is 52.7 Å². The van der Waals surface area contributed by atoms with Crippen molar-refractivity contribution in [2.75, 3.05) is 0 Å². The standard InChI is InChI=1S/C14H11NO2/c1-15-13-7-11(16)4-2-9(13)6-10-3-5-12(17)8-14(10)15/h2-8,16H,1H3. The molecule has 1 aliphatic carbocycles. The fourth-order valence-corrected chi connectivity index (χ4v) is 2.18. The van der Waals surface area contributed by atoms with Crippen LogP contribution in [0.25, 0.3) is 22.2 Å². The van der Waals surface area contributed by atoms with Gasteiger partial charge in [0.2, 0.25) is 0 Å². The molecule has 0 aromatic heterocycles. The van der Waals surface area contributed by atoms with E-state index in [0.29, 0.717) is 0 Å². The molecule has 84 valence electrons. The molecule has 2 aliphatic rings. The summed E-state index contributed by atoms with van der Waals surface area (Å²) in [5.74, 6) is 0.228. The SMILES string of the molecule is Cn1c2cc(=O)ccc-2cc2ccc(O)cc21. The summed E-state index contributed by atoms with van der Waals surface area (Å²) < 4.78 is 1.92. The van der Waals surface area contributed by atoms with E-state index in [1.165, 1.54) is 0 Å². The molecule has 1 aromatic carbocycles. The molecule has 3 heteroatoms. The van der Waals surface area contributed by atoms with E-state index in [4.69, 9.17) is 0 Å². The van der Waals surface area contributed by atoms with Crippen molar-refractivity contribution in [2.45, 2.75) is 0 Å². The van der Waals surface area contributed by atoms with E-state index < -0.39 is 0 Å². The number of aromatic hydroxyl groups is 1. The van der Waals surface area contributed by atoms with Gasteiger partial charge in [-0.25, -0.2) is 0 Å². The lowest BCUT2D eigenvalue weighted by Gasteiger charge is -2.15. The minimum absolute atomic E-state index is 0.00685. The first kappa shape index (κ1) is 9.90. The summed E-state index contributed by atoms with van der Waals surface area (Å²) in [5.41, 5.74) is 2.79. The summed E-state index contributed by atoms with van der Waals surface area (Å²) >= 11 is 0. The average Bonchev–Trinajstić information content (AvgIpc) is 2.32. The van der Waals surface area contributed by atoms with Crippen molar-refractivity contribution < 1.29 is 5.11 Å². The molecule has 0 bridgehead atoms. The number of hydrogen-bond acceptors (Lipinski definition) is 2. The summed E-state index contributed by atoms with van der Waals surface area (Å²) in [5, 5.41) is 10.5. The summed E-state index contributed by atoms with van der Waals surface area (Å²) in [6.45, 7) is 0. The second-order valence-electron chi connectivity index (χ2n) is 4.17. The number of hydrogen-bond donors (Lipinski definition) is 1. The highest BCUT2D eigenvalue weighted by Crippen LogP contribution is 2.28. The Balaban J connectivity index is 2.54. The van der Waals surface area contributed by atoms with Crippen LogP contribution < -0.4 is 5.43 Å². The maximum atomic E-state index is 11.4. The van der Waals surface area contributed by atoms with Gasteiger partial charge >= 0.3 is 0 Å². The van der Waals surface area contributed by atoms with Gasteiger partial charge in [0.15, 0.2) is 5.43 Å². The van der Waals surface area contributed by atoms with E-state index >= 15 is 0 Å². The van der Waals surface area contributed by atoms with Gasteiger partial charge in [-0.05, 0) is 41.3 Å². The van der Waals surface area contributed by atoms with Crippen LogP contribution in [0.1, 0.15) is 0 Å². The van der Waals surface area contributed by atoms with Gasteiger partial charge < -0.3 is 9.67 Å². The number of pyridine rings is 1. The normalized spacial score (nSPS) is 11.1. The lowest BCUT2D eigenvalue weighted by atomic mass is 10.1. The quantitative estimate of drug-likeness (QED) is 0.597. The van der Waals surface area contributed by atoms with Gasteiger partial charge in [0.1, 0.15) is 5.75 Å². The van der Waals surface area contributed by atoms with E-state index in [9.17, 15) is 9.90 Å². The largest absolute Gasteiger partial charge is 0.508 e.